The van der Waals surface area contributed by atoms with Gasteiger partial charge < -0.3 is 14.7 Å². The van der Waals surface area contributed by atoms with E-state index >= 15 is 0 Å². The monoisotopic (exact) mass is 346 g/mol. The quantitative estimate of drug-likeness (QED) is 0.823. The highest BCUT2D eigenvalue weighted by molar-refractivity contribution is 5.28. The summed E-state index contributed by atoms with van der Waals surface area (Å²) < 4.78 is 5.35. The van der Waals surface area contributed by atoms with Gasteiger partial charge in [-0.25, -0.2) is 0 Å². The van der Waals surface area contributed by atoms with Crippen molar-refractivity contribution >= 4 is 0 Å². The molecule has 1 aromatic carbocycles. The fraction of sp³-hybridized carbons (Fsp3) is 0.714. The lowest BCUT2D eigenvalue weighted by atomic mass is 9.88. The zero-order valence-electron chi connectivity index (χ0n) is 15.7. The molecule has 0 spiro atoms. The molecule has 4 heteroatoms. The molecule has 3 rings (SSSR count). The van der Waals surface area contributed by atoms with Crippen molar-refractivity contribution in [1.29, 1.82) is 0 Å². The zero-order valence-corrected chi connectivity index (χ0v) is 15.7. The predicted octanol–water partition coefficient (Wildman–Crippen LogP) is 3.14. The first-order valence-corrected chi connectivity index (χ1v) is 9.98. The number of ether oxygens (including phenoxy) is 1. The van der Waals surface area contributed by atoms with Crippen LogP contribution in [0.3, 0.4) is 0 Å². The van der Waals surface area contributed by atoms with Gasteiger partial charge in [0.25, 0.3) is 0 Å². The Hall–Kier alpha value is -1.10. The Morgan fingerprint density at radius 3 is 2.76 bits per heavy atom. The van der Waals surface area contributed by atoms with Crippen LogP contribution in [0, 0.1) is 5.92 Å². The SMILES string of the molecule is COc1cccc(CN2CCN(CC3CCCCC3)CC2CCO)c1. The number of hydrogen-bond acceptors (Lipinski definition) is 4. The first-order valence-electron chi connectivity index (χ1n) is 9.98. The smallest absolute Gasteiger partial charge is 0.119 e. The first kappa shape index (κ1) is 18.7. The standard InChI is InChI=1S/C21H34N2O2/c1-25-21-9-5-8-19(14-21)16-23-12-11-22(17-20(23)10-13-24)15-18-6-3-2-4-7-18/h5,8-9,14,18,20,24H,2-4,6-7,10-13,15-17H2,1H3. The average molecular weight is 347 g/mol. The minimum atomic E-state index is 0.274. The van der Waals surface area contributed by atoms with Crippen LogP contribution in [0.4, 0.5) is 0 Å². The Kier molecular flexibility index (Phi) is 7.14. The predicted molar refractivity (Wildman–Crippen MR) is 102 cm³/mol. The van der Waals surface area contributed by atoms with Gasteiger partial charge in [0.05, 0.1) is 7.11 Å². The maximum absolute atomic E-state index is 9.53. The van der Waals surface area contributed by atoms with Gasteiger partial charge in [-0.05, 0) is 42.9 Å². The molecule has 140 valence electrons. The molecule has 4 nitrogen and oxygen atoms in total. The van der Waals surface area contributed by atoms with Crippen molar-refractivity contribution in [2.45, 2.75) is 51.1 Å². The Bertz CT molecular complexity index is 516. The number of benzene rings is 1. The van der Waals surface area contributed by atoms with E-state index < -0.39 is 0 Å². The summed E-state index contributed by atoms with van der Waals surface area (Å²) in [6.45, 7) is 5.82. The Morgan fingerprint density at radius 2 is 2.00 bits per heavy atom. The molecule has 1 heterocycles. The summed E-state index contributed by atoms with van der Waals surface area (Å²) in [5.41, 5.74) is 1.29. The molecule has 1 aliphatic heterocycles. The highest BCUT2D eigenvalue weighted by atomic mass is 16.5. The average Bonchev–Trinajstić information content (AvgIpc) is 2.65. The van der Waals surface area contributed by atoms with Crippen LogP contribution >= 0.6 is 0 Å². The van der Waals surface area contributed by atoms with Crippen molar-refractivity contribution < 1.29 is 9.84 Å². The summed E-state index contributed by atoms with van der Waals surface area (Å²) in [7, 11) is 1.72. The third-order valence-electron chi connectivity index (χ3n) is 5.91. The molecule has 0 aromatic heterocycles. The Labute approximate surface area is 152 Å². The van der Waals surface area contributed by atoms with Crippen molar-refractivity contribution in [1.82, 2.24) is 9.80 Å². The number of piperazine rings is 1. The molecule has 1 aliphatic carbocycles. The summed E-state index contributed by atoms with van der Waals surface area (Å²) in [5.74, 6) is 1.82. The lowest BCUT2D eigenvalue weighted by Crippen LogP contribution is -2.53. The third kappa shape index (κ3) is 5.44. The van der Waals surface area contributed by atoms with Crippen LogP contribution in [0.15, 0.2) is 24.3 Å². The van der Waals surface area contributed by atoms with Crippen molar-refractivity contribution in [3.8, 4) is 5.75 Å². The van der Waals surface area contributed by atoms with Crippen molar-refractivity contribution in [3.05, 3.63) is 29.8 Å². The highest BCUT2D eigenvalue weighted by Gasteiger charge is 2.28. The molecule has 1 atom stereocenters. The van der Waals surface area contributed by atoms with E-state index in [4.69, 9.17) is 4.74 Å². The van der Waals surface area contributed by atoms with Gasteiger partial charge in [-0.2, -0.15) is 0 Å². The van der Waals surface area contributed by atoms with Gasteiger partial charge in [0.1, 0.15) is 5.75 Å². The second-order valence-electron chi connectivity index (χ2n) is 7.75. The van der Waals surface area contributed by atoms with Gasteiger partial charge >= 0.3 is 0 Å². The maximum atomic E-state index is 9.53. The zero-order chi connectivity index (χ0) is 17.5. The molecular formula is C21H34N2O2. The molecule has 1 unspecified atom stereocenters. The van der Waals surface area contributed by atoms with E-state index in [0.717, 1.165) is 44.3 Å². The van der Waals surface area contributed by atoms with E-state index in [0.29, 0.717) is 6.04 Å². The molecule has 25 heavy (non-hydrogen) atoms. The number of nitrogens with zero attached hydrogens (tertiary/aromatic N) is 2. The van der Waals surface area contributed by atoms with E-state index in [1.165, 1.54) is 44.2 Å². The van der Waals surface area contributed by atoms with Crippen molar-refractivity contribution in [2.24, 2.45) is 5.92 Å². The van der Waals surface area contributed by atoms with Crippen LogP contribution in [-0.4, -0.2) is 60.8 Å². The first-order chi connectivity index (χ1) is 12.3. The largest absolute Gasteiger partial charge is 0.497 e. The fourth-order valence-corrected chi connectivity index (χ4v) is 4.49. The lowest BCUT2D eigenvalue weighted by Gasteiger charge is -2.43. The molecule has 0 amide bonds. The van der Waals surface area contributed by atoms with Crippen LogP contribution in [0.2, 0.25) is 0 Å². The van der Waals surface area contributed by atoms with Gasteiger partial charge in [-0.3, -0.25) is 4.90 Å². The van der Waals surface area contributed by atoms with Gasteiger partial charge in [-0.1, -0.05) is 31.4 Å². The second kappa shape index (κ2) is 9.56. The summed E-state index contributed by atoms with van der Waals surface area (Å²) in [5, 5.41) is 9.53. The topological polar surface area (TPSA) is 35.9 Å². The molecule has 1 saturated carbocycles. The van der Waals surface area contributed by atoms with Crippen LogP contribution in [0.5, 0.6) is 5.75 Å². The number of aliphatic hydroxyl groups excluding tert-OH is 1. The van der Waals surface area contributed by atoms with Gasteiger partial charge in [0, 0.05) is 45.4 Å². The van der Waals surface area contributed by atoms with E-state index in [1.54, 1.807) is 7.11 Å². The second-order valence-corrected chi connectivity index (χ2v) is 7.75. The number of methoxy groups -OCH3 is 1. The van der Waals surface area contributed by atoms with E-state index in [-0.39, 0.29) is 6.61 Å². The Balaban J connectivity index is 1.57. The highest BCUT2D eigenvalue weighted by Crippen LogP contribution is 2.26. The lowest BCUT2D eigenvalue weighted by molar-refractivity contribution is 0.0426. The molecule has 0 bridgehead atoms. The van der Waals surface area contributed by atoms with Crippen molar-refractivity contribution in [2.75, 3.05) is 39.9 Å². The Morgan fingerprint density at radius 1 is 1.16 bits per heavy atom. The molecule has 1 aromatic rings. The molecule has 2 aliphatic rings. The summed E-state index contributed by atoms with van der Waals surface area (Å²) in [4.78, 5) is 5.20. The van der Waals surface area contributed by atoms with Crippen LogP contribution in [-0.2, 0) is 6.54 Å². The van der Waals surface area contributed by atoms with Gasteiger partial charge in [0.2, 0.25) is 0 Å². The fourth-order valence-electron chi connectivity index (χ4n) is 4.49. The molecule has 1 N–H and O–H groups in total. The number of aliphatic hydroxyl groups is 1. The molecular weight excluding hydrogens is 312 g/mol. The molecule has 0 radical (unpaired) electrons. The maximum Gasteiger partial charge on any atom is 0.119 e. The van der Waals surface area contributed by atoms with Crippen LogP contribution in [0.1, 0.15) is 44.1 Å². The van der Waals surface area contributed by atoms with E-state index in [1.807, 2.05) is 6.07 Å². The van der Waals surface area contributed by atoms with Gasteiger partial charge in [-0.15, -0.1) is 0 Å². The van der Waals surface area contributed by atoms with Crippen LogP contribution < -0.4 is 4.74 Å². The number of rotatable bonds is 7. The normalized spacial score (nSPS) is 23.7. The third-order valence-corrected chi connectivity index (χ3v) is 5.91. The van der Waals surface area contributed by atoms with Crippen molar-refractivity contribution in [3.63, 3.8) is 0 Å². The summed E-state index contributed by atoms with van der Waals surface area (Å²) in [6, 6.07) is 8.82. The minimum absolute atomic E-state index is 0.274. The van der Waals surface area contributed by atoms with E-state index in [9.17, 15) is 5.11 Å². The van der Waals surface area contributed by atoms with Gasteiger partial charge in [0.15, 0.2) is 0 Å². The number of hydrogen-bond donors (Lipinski definition) is 1. The summed E-state index contributed by atoms with van der Waals surface area (Å²) in [6.07, 6.45) is 7.95. The molecule has 1 saturated heterocycles. The van der Waals surface area contributed by atoms with E-state index in [2.05, 4.69) is 28.0 Å². The van der Waals surface area contributed by atoms with Crippen LogP contribution in [0.25, 0.3) is 0 Å². The summed E-state index contributed by atoms with van der Waals surface area (Å²) >= 11 is 0. The minimum Gasteiger partial charge on any atom is -0.497 e. The molecule has 2 fully saturated rings.